The minimum Gasteiger partial charge on any atom is -0.484 e. The van der Waals surface area contributed by atoms with Gasteiger partial charge in [0.1, 0.15) is 5.75 Å². The zero-order valence-corrected chi connectivity index (χ0v) is 10.8. The second-order valence-corrected chi connectivity index (χ2v) is 4.18. The maximum Gasteiger partial charge on any atom is 0.255 e. The molecule has 2 aromatic rings. The molecule has 4 N–H and O–H groups in total. The molecule has 104 valence electrons. The minimum atomic E-state index is -0.543. The third-order valence-electron chi connectivity index (χ3n) is 2.61. The molecule has 0 unspecified atom stereocenters. The Morgan fingerprint density at radius 3 is 2.55 bits per heavy atom. The van der Waals surface area contributed by atoms with E-state index in [1.54, 1.807) is 30.5 Å². The fourth-order valence-corrected chi connectivity index (χ4v) is 1.61. The number of amides is 2. The normalized spacial score (nSPS) is 10.0. The Morgan fingerprint density at radius 1 is 1.20 bits per heavy atom. The summed E-state index contributed by atoms with van der Waals surface area (Å²) in [5, 5.41) is 2.80. The Kier molecular flexibility index (Phi) is 4.39. The number of ether oxygens (including phenoxy) is 1. The maximum absolute atomic E-state index is 11.9. The first-order valence-electron chi connectivity index (χ1n) is 6.06. The average Bonchev–Trinajstić information content (AvgIpc) is 2.96. The highest BCUT2D eigenvalue weighted by molar-refractivity contribution is 5.94. The molecule has 2 rings (SSSR count). The number of benzene rings is 1. The van der Waals surface area contributed by atoms with Crippen LogP contribution in [0, 0.1) is 0 Å². The zero-order valence-electron chi connectivity index (χ0n) is 10.8. The standard InChI is InChI=1S/C14H15N3O3/c15-13(18)9-20-12-3-1-11(2-4-12)14(19)17-8-10-5-6-16-7-10/h1-7,16H,8-9H2,(H2,15,18)(H,17,19). The number of primary amides is 1. The molecular formula is C14H15N3O3. The summed E-state index contributed by atoms with van der Waals surface area (Å²) in [4.78, 5) is 25.4. The van der Waals surface area contributed by atoms with Gasteiger partial charge in [-0.2, -0.15) is 0 Å². The summed E-state index contributed by atoms with van der Waals surface area (Å²) in [6.07, 6.45) is 3.62. The number of carbonyl (C=O) groups is 2. The lowest BCUT2D eigenvalue weighted by atomic mass is 10.2. The topological polar surface area (TPSA) is 97.2 Å². The van der Waals surface area contributed by atoms with E-state index in [9.17, 15) is 9.59 Å². The molecule has 2 amide bonds. The quantitative estimate of drug-likeness (QED) is 0.726. The smallest absolute Gasteiger partial charge is 0.255 e. The Labute approximate surface area is 115 Å². The first kappa shape index (κ1) is 13.7. The lowest BCUT2D eigenvalue weighted by Crippen LogP contribution is -2.22. The predicted molar refractivity (Wildman–Crippen MR) is 73.1 cm³/mol. The second-order valence-electron chi connectivity index (χ2n) is 4.18. The minimum absolute atomic E-state index is 0.173. The van der Waals surface area contributed by atoms with Gasteiger partial charge >= 0.3 is 0 Å². The number of aromatic amines is 1. The van der Waals surface area contributed by atoms with Gasteiger partial charge in [0.15, 0.2) is 6.61 Å². The van der Waals surface area contributed by atoms with Crippen LogP contribution in [0.4, 0.5) is 0 Å². The fourth-order valence-electron chi connectivity index (χ4n) is 1.61. The number of hydrogen-bond donors (Lipinski definition) is 3. The number of nitrogens with one attached hydrogen (secondary N) is 2. The molecule has 0 spiro atoms. The van der Waals surface area contributed by atoms with Gasteiger partial charge in [-0.1, -0.05) is 0 Å². The highest BCUT2D eigenvalue weighted by Gasteiger charge is 2.06. The Bertz CT molecular complexity index is 576. The first-order valence-corrected chi connectivity index (χ1v) is 6.06. The molecule has 0 aliphatic heterocycles. The average molecular weight is 273 g/mol. The SMILES string of the molecule is NC(=O)COc1ccc(C(=O)NCc2cc[nH]c2)cc1. The van der Waals surface area contributed by atoms with Crippen LogP contribution in [0.15, 0.2) is 42.7 Å². The van der Waals surface area contributed by atoms with Crippen molar-refractivity contribution in [3.8, 4) is 5.75 Å². The molecule has 0 fully saturated rings. The first-order chi connectivity index (χ1) is 9.65. The van der Waals surface area contributed by atoms with Gasteiger partial charge in [-0.25, -0.2) is 0 Å². The van der Waals surface area contributed by atoms with Crippen molar-refractivity contribution in [3.05, 3.63) is 53.9 Å². The molecule has 20 heavy (non-hydrogen) atoms. The van der Waals surface area contributed by atoms with Crippen molar-refractivity contribution in [2.45, 2.75) is 6.54 Å². The van der Waals surface area contributed by atoms with E-state index in [-0.39, 0.29) is 12.5 Å². The van der Waals surface area contributed by atoms with E-state index in [1.807, 2.05) is 12.3 Å². The van der Waals surface area contributed by atoms with Crippen LogP contribution in [0.25, 0.3) is 0 Å². The predicted octanol–water partition coefficient (Wildman–Crippen LogP) is 0.809. The number of H-pyrrole nitrogens is 1. The summed E-state index contributed by atoms with van der Waals surface area (Å²) in [5.74, 6) is -0.225. The lowest BCUT2D eigenvalue weighted by molar-refractivity contribution is -0.119. The molecular weight excluding hydrogens is 258 g/mol. The van der Waals surface area contributed by atoms with E-state index in [2.05, 4.69) is 10.3 Å². The van der Waals surface area contributed by atoms with E-state index in [1.165, 1.54) is 0 Å². The van der Waals surface area contributed by atoms with Gasteiger partial charge in [0, 0.05) is 24.5 Å². The van der Waals surface area contributed by atoms with Crippen LogP contribution in [-0.4, -0.2) is 23.4 Å². The van der Waals surface area contributed by atoms with Gasteiger partial charge in [-0.15, -0.1) is 0 Å². The molecule has 0 radical (unpaired) electrons. The molecule has 6 heteroatoms. The van der Waals surface area contributed by atoms with E-state index in [0.29, 0.717) is 17.9 Å². The maximum atomic E-state index is 11.9. The largest absolute Gasteiger partial charge is 0.484 e. The van der Waals surface area contributed by atoms with Crippen LogP contribution >= 0.6 is 0 Å². The van der Waals surface area contributed by atoms with Crippen molar-refractivity contribution in [1.29, 1.82) is 0 Å². The van der Waals surface area contributed by atoms with Crippen molar-refractivity contribution in [3.63, 3.8) is 0 Å². The molecule has 1 aromatic carbocycles. The van der Waals surface area contributed by atoms with Crippen molar-refractivity contribution in [2.75, 3.05) is 6.61 Å². The Hall–Kier alpha value is -2.76. The summed E-state index contributed by atoms with van der Waals surface area (Å²) in [5.41, 5.74) is 6.49. The van der Waals surface area contributed by atoms with Crippen molar-refractivity contribution >= 4 is 11.8 Å². The molecule has 0 aliphatic rings. The third kappa shape index (κ3) is 3.88. The number of carbonyl (C=O) groups excluding carboxylic acids is 2. The lowest BCUT2D eigenvalue weighted by Gasteiger charge is -2.06. The van der Waals surface area contributed by atoms with Crippen LogP contribution in [-0.2, 0) is 11.3 Å². The van der Waals surface area contributed by atoms with E-state index < -0.39 is 5.91 Å². The van der Waals surface area contributed by atoms with Crippen LogP contribution in [0.2, 0.25) is 0 Å². The van der Waals surface area contributed by atoms with Gasteiger partial charge in [0.05, 0.1) is 0 Å². The van der Waals surface area contributed by atoms with Crippen LogP contribution in [0.1, 0.15) is 15.9 Å². The van der Waals surface area contributed by atoms with Gasteiger partial charge < -0.3 is 20.8 Å². The molecule has 0 atom stereocenters. The van der Waals surface area contributed by atoms with Crippen LogP contribution in [0.3, 0.4) is 0 Å². The van der Waals surface area contributed by atoms with Crippen LogP contribution in [0.5, 0.6) is 5.75 Å². The number of hydrogen-bond acceptors (Lipinski definition) is 3. The molecule has 6 nitrogen and oxygen atoms in total. The Morgan fingerprint density at radius 2 is 1.95 bits per heavy atom. The zero-order chi connectivity index (χ0) is 14.4. The highest BCUT2D eigenvalue weighted by Crippen LogP contribution is 2.12. The molecule has 0 bridgehead atoms. The molecule has 0 saturated carbocycles. The van der Waals surface area contributed by atoms with E-state index in [4.69, 9.17) is 10.5 Å². The Balaban J connectivity index is 1.88. The summed E-state index contributed by atoms with van der Waals surface area (Å²) < 4.78 is 5.11. The van der Waals surface area contributed by atoms with E-state index in [0.717, 1.165) is 5.56 Å². The molecule has 1 aromatic heterocycles. The summed E-state index contributed by atoms with van der Waals surface area (Å²) in [6, 6.07) is 8.38. The van der Waals surface area contributed by atoms with E-state index >= 15 is 0 Å². The molecule has 1 heterocycles. The van der Waals surface area contributed by atoms with Crippen molar-refractivity contribution in [2.24, 2.45) is 5.73 Å². The fraction of sp³-hybridized carbons (Fsp3) is 0.143. The van der Waals surface area contributed by atoms with Gasteiger partial charge in [-0.3, -0.25) is 9.59 Å². The van der Waals surface area contributed by atoms with Gasteiger partial charge in [0.25, 0.3) is 11.8 Å². The van der Waals surface area contributed by atoms with Crippen LogP contribution < -0.4 is 15.8 Å². The number of aromatic nitrogens is 1. The van der Waals surface area contributed by atoms with Gasteiger partial charge in [0.2, 0.25) is 0 Å². The summed E-state index contributed by atoms with van der Waals surface area (Å²) >= 11 is 0. The summed E-state index contributed by atoms with van der Waals surface area (Å²) in [7, 11) is 0. The number of nitrogens with two attached hydrogens (primary N) is 1. The third-order valence-corrected chi connectivity index (χ3v) is 2.61. The van der Waals surface area contributed by atoms with Gasteiger partial charge in [-0.05, 0) is 35.9 Å². The van der Waals surface area contributed by atoms with Crippen molar-refractivity contribution < 1.29 is 14.3 Å². The molecule has 0 saturated heterocycles. The highest BCUT2D eigenvalue weighted by atomic mass is 16.5. The van der Waals surface area contributed by atoms with Crippen molar-refractivity contribution in [1.82, 2.24) is 10.3 Å². The molecule has 0 aliphatic carbocycles. The second kappa shape index (κ2) is 6.42. The summed E-state index contributed by atoms with van der Waals surface area (Å²) in [6.45, 7) is 0.279. The monoisotopic (exact) mass is 273 g/mol. The number of rotatable bonds is 6.